The van der Waals surface area contributed by atoms with Crippen molar-refractivity contribution >= 4 is 29.3 Å². The van der Waals surface area contributed by atoms with Gasteiger partial charge in [0.25, 0.3) is 5.91 Å². The number of thioether (sulfide) groups is 1. The maximum atomic E-state index is 13.6. The zero-order valence-corrected chi connectivity index (χ0v) is 19.9. The lowest BCUT2D eigenvalue weighted by atomic mass is 9.96. The standard InChI is InChI=1S/C24H28N6O2S/c1-4-6-14-33-24-28-23-26-16(3)20(21(30(23)29-24)17-10-9-13-25-15-17)22(31)27-18-11-7-8-12-19(18)32-5-2/h7-13,15,21H,4-6,14H2,1-3H3,(H,27,31)(H,26,28,29). The van der Waals surface area contributed by atoms with Crippen molar-refractivity contribution in [3.05, 3.63) is 65.6 Å². The van der Waals surface area contributed by atoms with Gasteiger partial charge in [0.15, 0.2) is 0 Å². The Morgan fingerprint density at radius 1 is 1.24 bits per heavy atom. The lowest BCUT2D eigenvalue weighted by Gasteiger charge is -2.28. The van der Waals surface area contributed by atoms with Crippen molar-refractivity contribution in [3.63, 3.8) is 0 Å². The quantitative estimate of drug-likeness (QED) is 0.344. The lowest BCUT2D eigenvalue weighted by molar-refractivity contribution is -0.113. The maximum absolute atomic E-state index is 13.6. The average molecular weight is 465 g/mol. The first-order valence-electron chi connectivity index (χ1n) is 11.1. The number of fused-ring (bicyclic) bond motifs is 1. The number of ether oxygens (including phenoxy) is 1. The lowest BCUT2D eigenvalue weighted by Crippen LogP contribution is -2.31. The minimum atomic E-state index is -0.456. The van der Waals surface area contributed by atoms with Crippen molar-refractivity contribution in [2.45, 2.75) is 44.8 Å². The molecule has 2 aromatic heterocycles. The molecule has 3 aromatic rings. The number of nitrogens with zero attached hydrogens (tertiary/aromatic N) is 4. The number of allylic oxidation sites excluding steroid dienone is 1. The van der Waals surface area contributed by atoms with E-state index in [0.29, 0.717) is 34.7 Å². The fourth-order valence-corrected chi connectivity index (χ4v) is 4.59. The van der Waals surface area contributed by atoms with Gasteiger partial charge < -0.3 is 15.4 Å². The predicted octanol–water partition coefficient (Wildman–Crippen LogP) is 4.89. The van der Waals surface area contributed by atoms with Crippen LogP contribution in [0.25, 0.3) is 0 Å². The summed E-state index contributed by atoms with van der Waals surface area (Å²) in [5.74, 6) is 1.96. The van der Waals surface area contributed by atoms with Gasteiger partial charge in [-0.3, -0.25) is 9.78 Å². The van der Waals surface area contributed by atoms with E-state index in [-0.39, 0.29) is 5.91 Å². The van der Waals surface area contributed by atoms with Crippen molar-refractivity contribution < 1.29 is 9.53 Å². The summed E-state index contributed by atoms with van der Waals surface area (Å²) in [5.41, 5.74) is 2.75. The van der Waals surface area contributed by atoms with E-state index in [4.69, 9.17) is 9.84 Å². The number of nitrogens with one attached hydrogen (secondary N) is 2. The molecule has 1 atom stereocenters. The van der Waals surface area contributed by atoms with Gasteiger partial charge in [-0.05, 0) is 44.0 Å². The SMILES string of the molecule is CCCCSc1nc2n(n1)C(c1cccnc1)C(C(=O)Nc1ccccc1OCC)=C(C)N2. The van der Waals surface area contributed by atoms with E-state index in [1.807, 2.05) is 50.2 Å². The Kier molecular flexibility index (Phi) is 7.29. The molecular formula is C24H28N6O2S. The number of rotatable bonds is 9. The Balaban J connectivity index is 1.70. The fraction of sp³-hybridized carbons (Fsp3) is 0.333. The van der Waals surface area contributed by atoms with Crippen LogP contribution in [0.5, 0.6) is 5.75 Å². The fourth-order valence-electron chi connectivity index (χ4n) is 3.68. The summed E-state index contributed by atoms with van der Waals surface area (Å²) in [6, 6.07) is 10.8. The molecule has 0 spiro atoms. The van der Waals surface area contributed by atoms with Crippen molar-refractivity contribution in [2.75, 3.05) is 23.0 Å². The number of benzene rings is 1. The van der Waals surface area contributed by atoms with Crippen LogP contribution in [0.4, 0.5) is 11.6 Å². The predicted molar refractivity (Wildman–Crippen MR) is 131 cm³/mol. The molecular weight excluding hydrogens is 436 g/mol. The highest BCUT2D eigenvalue weighted by Gasteiger charge is 2.34. The van der Waals surface area contributed by atoms with Crippen LogP contribution in [-0.4, -0.2) is 38.0 Å². The highest BCUT2D eigenvalue weighted by atomic mass is 32.2. The van der Waals surface area contributed by atoms with Crippen LogP contribution in [0, 0.1) is 0 Å². The summed E-state index contributed by atoms with van der Waals surface area (Å²) in [5, 5.41) is 11.7. The Labute approximate surface area is 197 Å². The molecule has 8 nitrogen and oxygen atoms in total. The molecule has 1 amide bonds. The highest BCUT2D eigenvalue weighted by molar-refractivity contribution is 7.99. The van der Waals surface area contributed by atoms with Gasteiger partial charge in [0.05, 0.1) is 17.9 Å². The first-order valence-corrected chi connectivity index (χ1v) is 12.1. The van der Waals surface area contributed by atoms with E-state index in [1.54, 1.807) is 28.8 Å². The van der Waals surface area contributed by atoms with E-state index in [9.17, 15) is 4.79 Å². The Bertz CT molecular complexity index is 1140. The van der Waals surface area contributed by atoms with Crippen LogP contribution in [-0.2, 0) is 4.79 Å². The molecule has 0 saturated carbocycles. The molecule has 1 aromatic carbocycles. The van der Waals surface area contributed by atoms with Gasteiger partial charge in [0.1, 0.15) is 11.8 Å². The Morgan fingerprint density at radius 3 is 2.85 bits per heavy atom. The van der Waals surface area contributed by atoms with Gasteiger partial charge >= 0.3 is 0 Å². The summed E-state index contributed by atoms with van der Waals surface area (Å²) >= 11 is 1.62. The molecule has 33 heavy (non-hydrogen) atoms. The number of pyridine rings is 1. The van der Waals surface area contributed by atoms with E-state index in [2.05, 4.69) is 27.5 Å². The number of unbranched alkanes of at least 4 members (excludes halogenated alkanes) is 1. The molecule has 1 unspecified atom stereocenters. The zero-order valence-electron chi connectivity index (χ0n) is 19.0. The van der Waals surface area contributed by atoms with Crippen molar-refractivity contribution in [3.8, 4) is 5.75 Å². The molecule has 9 heteroatoms. The number of carbonyl (C=O) groups is 1. The summed E-state index contributed by atoms with van der Waals surface area (Å²) in [6.45, 7) is 6.47. The van der Waals surface area contributed by atoms with Crippen LogP contribution in [0.15, 0.2) is 65.2 Å². The Hall–Kier alpha value is -3.33. The van der Waals surface area contributed by atoms with Gasteiger partial charge in [-0.15, -0.1) is 5.10 Å². The summed E-state index contributed by atoms with van der Waals surface area (Å²) in [7, 11) is 0. The van der Waals surface area contributed by atoms with E-state index in [0.717, 1.165) is 29.9 Å². The summed E-state index contributed by atoms with van der Waals surface area (Å²) in [4.78, 5) is 22.5. The van der Waals surface area contributed by atoms with Crippen molar-refractivity contribution in [1.29, 1.82) is 0 Å². The number of hydrogen-bond acceptors (Lipinski definition) is 7. The van der Waals surface area contributed by atoms with Crippen molar-refractivity contribution in [1.82, 2.24) is 19.7 Å². The number of carbonyl (C=O) groups excluding carboxylic acids is 1. The van der Waals surface area contributed by atoms with Gasteiger partial charge in [0.2, 0.25) is 11.1 Å². The van der Waals surface area contributed by atoms with Crippen LogP contribution >= 0.6 is 11.8 Å². The second-order valence-electron chi connectivity index (χ2n) is 7.60. The van der Waals surface area contributed by atoms with E-state index < -0.39 is 6.04 Å². The monoisotopic (exact) mass is 464 g/mol. The molecule has 0 aliphatic carbocycles. The molecule has 172 valence electrons. The number of aromatic nitrogens is 4. The molecule has 4 rings (SSSR count). The average Bonchev–Trinajstić information content (AvgIpc) is 3.22. The molecule has 0 bridgehead atoms. The van der Waals surface area contributed by atoms with E-state index >= 15 is 0 Å². The molecule has 1 aliphatic rings. The summed E-state index contributed by atoms with van der Waals surface area (Å²) < 4.78 is 7.46. The van der Waals surface area contributed by atoms with Crippen LogP contribution in [0.3, 0.4) is 0 Å². The smallest absolute Gasteiger partial charge is 0.255 e. The minimum Gasteiger partial charge on any atom is -0.492 e. The number of amides is 1. The highest BCUT2D eigenvalue weighted by Crippen LogP contribution is 2.37. The first-order chi connectivity index (χ1) is 16.1. The molecule has 0 fully saturated rings. The second-order valence-corrected chi connectivity index (χ2v) is 8.66. The molecule has 1 aliphatic heterocycles. The zero-order chi connectivity index (χ0) is 23.2. The molecule has 0 radical (unpaired) electrons. The number of anilines is 2. The molecule has 0 saturated heterocycles. The van der Waals surface area contributed by atoms with Gasteiger partial charge in [-0.25, -0.2) is 4.68 Å². The second kappa shape index (κ2) is 10.5. The number of para-hydroxylation sites is 2. The topological polar surface area (TPSA) is 94.0 Å². The van der Waals surface area contributed by atoms with Gasteiger partial charge in [0, 0.05) is 23.8 Å². The van der Waals surface area contributed by atoms with Crippen molar-refractivity contribution in [2.24, 2.45) is 0 Å². The minimum absolute atomic E-state index is 0.234. The molecule has 3 heterocycles. The normalized spacial score (nSPS) is 15.1. The third-order valence-corrected chi connectivity index (χ3v) is 6.17. The van der Waals surface area contributed by atoms with E-state index in [1.165, 1.54) is 0 Å². The summed E-state index contributed by atoms with van der Waals surface area (Å²) in [6.07, 6.45) is 5.69. The molecule has 2 N–H and O–H groups in total. The van der Waals surface area contributed by atoms with Gasteiger partial charge in [-0.1, -0.05) is 43.3 Å². The number of hydrogen-bond donors (Lipinski definition) is 2. The Morgan fingerprint density at radius 2 is 2.09 bits per heavy atom. The largest absolute Gasteiger partial charge is 0.492 e. The first kappa shape index (κ1) is 22.8. The van der Waals surface area contributed by atoms with Crippen LogP contribution < -0.4 is 15.4 Å². The van der Waals surface area contributed by atoms with Crippen LogP contribution in [0.1, 0.15) is 45.2 Å². The third kappa shape index (κ3) is 5.03. The van der Waals surface area contributed by atoms with Crippen LogP contribution in [0.2, 0.25) is 0 Å². The van der Waals surface area contributed by atoms with Gasteiger partial charge in [-0.2, -0.15) is 4.98 Å². The maximum Gasteiger partial charge on any atom is 0.255 e. The third-order valence-electron chi connectivity index (χ3n) is 5.24.